The molecule has 1 aliphatic rings. The van der Waals surface area contributed by atoms with Crippen molar-refractivity contribution >= 4 is 28.9 Å². The molecule has 0 aromatic heterocycles. The highest BCUT2D eigenvalue weighted by Gasteiger charge is 2.41. The molecular weight excluding hydrogens is 297 g/mol. The highest BCUT2D eigenvalue weighted by molar-refractivity contribution is 6.42. The zero-order chi connectivity index (χ0) is 14.3. The number of aliphatic hydroxyl groups is 1. The Morgan fingerprint density at radius 1 is 1.15 bits per heavy atom. The van der Waals surface area contributed by atoms with Crippen LogP contribution in [0.3, 0.4) is 0 Å². The van der Waals surface area contributed by atoms with E-state index in [0.717, 1.165) is 5.69 Å². The fourth-order valence-corrected chi connectivity index (χ4v) is 2.91. The molecule has 0 bridgehead atoms. The number of β-amino-alcohol motifs (C(OH)–C–C–N with tert-alkyl or cyclic N) is 1. The summed E-state index contributed by atoms with van der Waals surface area (Å²) in [6.45, 7) is 0.347. The predicted molar refractivity (Wildman–Crippen MR) is 80.9 cm³/mol. The molecule has 0 amide bonds. The van der Waals surface area contributed by atoms with E-state index in [4.69, 9.17) is 27.9 Å². The van der Waals surface area contributed by atoms with Gasteiger partial charge in [0.25, 0.3) is 0 Å². The molecule has 2 N–H and O–H groups in total. The smallest absolute Gasteiger partial charge is 0.137 e. The standard InChI is InChI=1S/C15H13Cl2NO2/c1-20-14-5-3-2-4-9(14)15(19)8-18-13-7-12(17)11(16)6-10(13)15/h2-7,18-19H,8H2,1H3. The van der Waals surface area contributed by atoms with Crippen molar-refractivity contribution in [2.45, 2.75) is 5.60 Å². The molecule has 5 heteroatoms. The molecule has 104 valence electrons. The van der Waals surface area contributed by atoms with Gasteiger partial charge < -0.3 is 15.2 Å². The third-order valence-electron chi connectivity index (χ3n) is 3.59. The van der Waals surface area contributed by atoms with Crippen molar-refractivity contribution in [3.63, 3.8) is 0 Å². The summed E-state index contributed by atoms with van der Waals surface area (Å²) in [4.78, 5) is 0. The largest absolute Gasteiger partial charge is 0.496 e. The van der Waals surface area contributed by atoms with Gasteiger partial charge in [0, 0.05) is 16.8 Å². The molecule has 0 aliphatic carbocycles. The lowest BCUT2D eigenvalue weighted by atomic mass is 9.87. The Kier molecular flexibility index (Phi) is 3.28. The first-order chi connectivity index (χ1) is 9.56. The Morgan fingerprint density at radius 2 is 1.85 bits per heavy atom. The van der Waals surface area contributed by atoms with Crippen LogP contribution in [0.25, 0.3) is 0 Å². The summed E-state index contributed by atoms with van der Waals surface area (Å²) in [7, 11) is 1.58. The highest BCUT2D eigenvalue weighted by atomic mass is 35.5. The fraction of sp³-hybridized carbons (Fsp3) is 0.200. The summed E-state index contributed by atoms with van der Waals surface area (Å²) in [5.41, 5.74) is 1.01. The summed E-state index contributed by atoms with van der Waals surface area (Å²) >= 11 is 12.1. The Balaban J connectivity index is 2.19. The Labute approximate surface area is 127 Å². The van der Waals surface area contributed by atoms with E-state index in [1.54, 1.807) is 19.2 Å². The number of fused-ring (bicyclic) bond motifs is 1. The van der Waals surface area contributed by atoms with E-state index < -0.39 is 5.60 Å². The molecule has 0 fully saturated rings. The summed E-state index contributed by atoms with van der Waals surface area (Å²) in [5.74, 6) is 0.635. The number of para-hydroxylation sites is 1. The normalized spacial score (nSPS) is 20.4. The van der Waals surface area contributed by atoms with Crippen molar-refractivity contribution in [2.24, 2.45) is 0 Å². The Hall–Kier alpha value is -1.42. The van der Waals surface area contributed by atoms with Crippen LogP contribution in [0.15, 0.2) is 36.4 Å². The van der Waals surface area contributed by atoms with Gasteiger partial charge in [-0.2, -0.15) is 0 Å². The average molecular weight is 310 g/mol. The molecule has 20 heavy (non-hydrogen) atoms. The summed E-state index contributed by atoms with van der Waals surface area (Å²) in [5, 5.41) is 15.1. The summed E-state index contributed by atoms with van der Waals surface area (Å²) in [6.07, 6.45) is 0. The number of rotatable bonds is 2. The van der Waals surface area contributed by atoms with E-state index in [-0.39, 0.29) is 0 Å². The van der Waals surface area contributed by atoms with Crippen molar-refractivity contribution in [1.29, 1.82) is 0 Å². The quantitative estimate of drug-likeness (QED) is 0.889. The number of anilines is 1. The maximum atomic E-state index is 11.1. The molecule has 0 saturated heterocycles. The molecule has 1 heterocycles. The number of methoxy groups -OCH3 is 1. The topological polar surface area (TPSA) is 41.5 Å². The maximum Gasteiger partial charge on any atom is 0.137 e. The fourth-order valence-electron chi connectivity index (χ4n) is 2.58. The van der Waals surface area contributed by atoms with Gasteiger partial charge in [-0.05, 0) is 18.2 Å². The van der Waals surface area contributed by atoms with Crippen molar-refractivity contribution in [2.75, 3.05) is 19.0 Å². The lowest BCUT2D eigenvalue weighted by molar-refractivity contribution is 0.0997. The van der Waals surface area contributed by atoms with E-state index in [1.165, 1.54) is 0 Å². The number of nitrogens with one attached hydrogen (secondary N) is 1. The number of halogens is 2. The maximum absolute atomic E-state index is 11.1. The van der Waals surface area contributed by atoms with Crippen LogP contribution in [0.4, 0.5) is 5.69 Å². The number of ether oxygens (including phenoxy) is 1. The number of hydrogen-bond donors (Lipinski definition) is 2. The van der Waals surface area contributed by atoms with Gasteiger partial charge in [-0.3, -0.25) is 0 Å². The van der Waals surface area contributed by atoms with Crippen molar-refractivity contribution in [3.05, 3.63) is 57.6 Å². The zero-order valence-corrected chi connectivity index (χ0v) is 12.3. The molecule has 1 unspecified atom stereocenters. The predicted octanol–water partition coefficient (Wildman–Crippen LogP) is 3.66. The van der Waals surface area contributed by atoms with Crippen molar-refractivity contribution in [3.8, 4) is 5.75 Å². The SMILES string of the molecule is COc1ccccc1C1(O)CNc2cc(Cl)c(Cl)cc21. The Bertz CT molecular complexity index is 675. The lowest BCUT2D eigenvalue weighted by Gasteiger charge is -2.25. The van der Waals surface area contributed by atoms with Gasteiger partial charge in [0.05, 0.1) is 23.7 Å². The first-order valence-electron chi connectivity index (χ1n) is 6.15. The second-order valence-corrected chi connectivity index (χ2v) is 5.54. The van der Waals surface area contributed by atoms with E-state index in [0.29, 0.717) is 33.5 Å². The van der Waals surface area contributed by atoms with Gasteiger partial charge in [-0.15, -0.1) is 0 Å². The van der Waals surface area contributed by atoms with E-state index in [2.05, 4.69) is 5.32 Å². The minimum Gasteiger partial charge on any atom is -0.496 e. The second-order valence-electron chi connectivity index (χ2n) is 4.73. The third-order valence-corrected chi connectivity index (χ3v) is 4.32. The van der Waals surface area contributed by atoms with Crippen molar-refractivity contribution in [1.82, 2.24) is 0 Å². The average Bonchev–Trinajstić information content (AvgIpc) is 2.78. The summed E-state index contributed by atoms with van der Waals surface area (Å²) in [6, 6.07) is 10.8. The highest BCUT2D eigenvalue weighted by Crippen LogP contribution is 2.45. The molecule has 1 atom stereocenters. The monoisotopic (exact) mass is 309 g/mol. The van der Waals surface area contributed by atoms with Gasteiger partial charge in [-0.1, -0.05) is 41.4 Å². The molecule has 2 aromatic carbocycles. The number of benzene rings is 2. The van der Waals surface area contributed by atoms with Crippen LogP contribution in [0.2, 0.25) is 10.0 Å². The molecule has 3 nitrogen and oxygen atoms in total. The first kappa shape index (κ1) is 13.6. The van der Waals surface area contributed by atoms with Gasteiger partial charge in [0.15, 0.2) is 0 Å². The molecule has 3 rings (SSSR count). The van der Waals surface area contributed by atoms with Gasteiger partial charge in [0.2, 0.25) is 0 Å². The van der Waals surface area contributed by atoms with E-state index in [9.17, 15) is 5.11 Å². The van der Waals surface area contributed by atoms with Crippen LogP contribution in [0.5, 0.6) is 5.75 Å². The molecule has 0 radical (unpaired) electrons. The van der Waals surface area contributed by atoms with Gasteiger partial charge in [-0.25, -0.2) is 0 Å². The number of hydrogen-bond acceptors (Lipinski definition) is 3. The minimum absolute atomic E-state index is 0.347. The van der Waals surface area contributed by atoms with Crippen LogP contribution in [0.1, 0.15) is 11.1 Å². The van der Waals surface area contributed by atoms with Crippen LogP contribution in [-0.2, 0) is 5.60 Å². The second kappa shape index (κ2) is 4.85. The first-order valence-corrected chi connectivity index (χ1v) is 6.91. The molecule has 0 saturated carbocycles. The molecule has 0 spiro atoms. The molecule has 1 aliphatic heterocycles. The van der Waals surface area contributed by atoms with E-state index in [1.807, 2.05) is 24.3 Å². The van der Waals surface area contributed by atoms with Gasteiger partial charge >= 0.3 is 0 Å². The minimum atomic E-state index is -1.18. The van der Waals surface area contributed by atoms with Crippen molar-refractivity contribution < 1.29 is 9.84 Å². The molecule has 2 aromatic rings. The van der Waals surface area contributed by atoms with Crippen LogP contribution in [0, 0.1) is 0 Å². The van der Waals surface area contributed by atoms with Crippen LogP contribution >= 0.6 is 23.2 Å². The third kappa shape index (κ3) is 1.94. The Morgan fingerprint density at radius 3 is 2.60 bits per heavy atom. The van der Waals surface area contributed by atoms with Crippen LogP contribution in [-0.4, -0.2) is 18.8 Å². The zero-order valence-electron chi connectivity index (χ0n) is 10.8. The molecular formula is C15H13Cl2NO2. The van der Waals surface area contributed by atoms with Gasteiger partial charge in [0.1, 0.15) is 11.4 Å². The lowest BCUT2D eigenvalue weighted by Crippen LogP contribution is -2.30. The van der Waals surface area contributed by atoms with E-state index >= 15 is 0 Å². The summed E-state index contributed by atoms with van der Waals surface area (Å²) < 4.78 is 5.35. The van der Waals surface area contributed by atoms with Crippen LogP contribution < -0.4 is 10.1 Å².